The molecule has 1 heterocycles. The summed E-state index contributed by atoms with van der Waals surface area (Å²) in [7, 11) is 1.61. The maximum absolute atomic E-state index is 12.0. The summed E-state index contributed by atoms with van der Waals surface area (Å²) in [4.78, 5) is 16.3. The van der Waals surface area contributed by atoms with Crippen LogP contribution in [-0.2, 0) is 4.79 Å². The van der Waals surface area contributed by atoms with Gasteiger partial charge in [-0.1, -0.05) is 6.07 Å². The first-order chi connectivity index (χ1) is 12.5. The van der Waals surface area contributed by atoms with E-state index in [2.05, 4.69) is 20.5 Å². The maximum atomic E-state index is 12.0. The van der Waals surface area contributed by atoms with Crippen molar-refractivity contribution in [1.82, 2.24) is 15.2 Å². The van der Waals surface area contributed by atoms with Crippen molar-refractivity contribution in [2.75, 3.05) is 19.0 Å². The summed E-state index contributed by atoms with van der Waals surface area (Å²) in [6.45, 7) is 3.85. The van der Waals surface area contributed by atoms with E-state index in [4.69, 9.17) is 9.47 Å². The number of carbonyl (C=O) groups is 1. The predicted octanol–water partition coefficient (Wildman–Crippen LogP) is 3.11. The van der Waals surface area contributed by atoms with Crippen molar-refractivity contribution in [3.05, 3.63) is 53.6 Å². The van der Waals surface area contributed by atoms with Crippen molar-refractivity contribution in [2.24, 2.45) is 0 Å². The standard InChI is InChI=1S/C19H20N4O3/c1-12-8-13(2)10-16(9-12)26-11-17(24)20-19-21-18(22-23-19)14-4-6-15(25-3)7-5-14/h4-10H,11H2,1-3H3,(H2,20,21,22,23,24). The predicted molar refractivity (Wildman–Crippen MR) is 98.4 cm³/mol. The number of benzene rings is 2. The fraction of sp³-hybridized carbons (Fsp3) is 0.211. The third-order valence-corrected chi connectivity index (χ3v) is 3.67. The lowest BCUT2D eigenvalue weighted by molar-refractivity contribution is -0.118. The SMILES string of the molecule is COc1ccc(-c2nc(NC(=O)COc3cc(C)cc(C)c3)n[nH]2)cc1. The smallest absolute Gasteiger partial charge is 0.264 e. The second-order valence-electron chi connectivity index (χ2n) is 5.90. The van der Waals surface area contributed by atoms with E-state index in [1.807, 2.05) is 56.3 Å². The lowest BCUT2D eigenvalue weighted by Crippen LogP contribution is -2.20. The lowest BCUT2D eigenvalue weighted by Gasteiger charge is -2.07. The second kappa shape index (κ2) is 7.69. The number of anilines is 1. The van der Waals surface area contributed by atoms with Crippen LogP contribution in [0, 0.1) is 13.8 Å². The van der Waals surface area contributed by atoms with Crippen molar-refractivity contribution in [2.45, 2.75) is 13.8 Å². The monoisotopic (exact) mass is 352 g/mol. The van der Waals surface area contributed by atoms with Crippen LogP contribution in [0.5, 0.6) is 11.5 Å². The third-order valence-electron chi connectivity index (χ3n) is 3.67. The van der Waals surface area contributed by atoms with E-state index in [1.54, 1.807) is 7.11 Å². The number of aromatic amines is 1. The quantitative estimate of drug-likeness (QED) is 0.711. The Bertz CT molecular complexity index is 883. The summed E-state index contributed by atoms with van der Waals surface area (Å²) in [6, 6.07) is 13.2. The van der Waals surface area contributed by atoms with Gasteiger partial charge in [-0.15, -0.1) is 5.10 Å². The molecule has 0 aliphatic heterocycles. The summed E-state index contributed by atoms with van der Waals surface area (Å²) in [5.41, 5.74) is 3.00. The second-order valence-corrected chi connectivity index (χ2v) is 5.90. The number of aromatic nitrogens is 3. The third kappa shape index (κ3) is 4.38. The number of nitrogens with one attached hydrogen (secondary N) is 2. The fourth-order valence-electron chi connectivity index (χ4n) is 2.52. The van der Waals surface area contributed by atoms with Crippen molar-refractivity contribution in [1.29, 1.82) is 0 Å². The molecule has 0 saturated heterocycles. The van der Waals surface area contributed by atoms with Crippen LogP contribution in [0.4, 0.5) is 5.95 Å². The molecule has 0 aliphatic carbocycles. The Morgan fingerprint density at radius 1 is 1.08 bits per heavy atom. The minimum absolute atomic E-state index is 0.116. The van der Waals surface area contributed by atoms with Gasteiger partial charge in [-0.2, -0.15) is 4.98 Å². The molecule has 0 fully saturated rings. The fourth-order valence-corrected chi connectivity index (χ4v) is 2.52. The van der Waals surface area contributed by atoms with E-state index < -0.39 is 0 Å². The van der Waals surface area contributed by atoms with Crippen molar-refractivity contribution < 1.29 is 14.3 Å². The zero-order valence-electron chi connectivity index (χ0n) is 14.9. The Morgan fingerprint density at radius 3 is 2.42 bits per heavy atom. The number of nitrogens with zero attached hydrogens (tertiary/aromatic N) is 2. The molecule has 0 aliphatic rings. The zero-order chi connectivity index (χ0) is 18.5. The molecule has 7 heteroatoms. The van der Waals surface area contributed by atoms with Crippen LogP contribution in [0.1, 0.15) is 11.1 Å². The van der Waals surface area contributed by atoms with Gasteiger partial charge in [0.25, 0.3) is 5.91 Å². The Morgan fingerprint density at radius 2 is 1.77 bits per heavy atom. The first-order valence-electron chi connectivity index (χ1n) is 8.11. The van der Waals surface area contributed by atoms with Gasteiger partial charge in [0, 0.05) is 5.56 Å². The molecule has 3 rings (SSSR count). The molecule has 7 nitrogen and oxygen atoms in total. The largest absolute Gasteiger partial charge is 0.497 e. The van der Waals surface area contributed by atoms with Crippen LogP contribution in [-0.4, -0.2) is 34.8 Å². The van der Waals surface area contributed by atoms with Gasteiger partial charge in [0.05, 0.1) is 7.11 Å². The highest BCUT2D eigenvalue weighted by Crippen LogP contribution is 2.20. The number of ether oxygens (including phenoxy) is 2. The molecule has 3 aromatic rings. The molecule has 0 radical (unpaired) electrons. The number of H-pyrrole nitrogens is 1. The minimum atomic E-state index is -0.329. The number of aryl methyl sites for hydroxylation is 2. The number of hydrogen-bond acceptors (Lipinski definition) is 5. The maximum Gasteiger partial charge on any atom is 0.264 e. The lowest BCUT2D eigenvalue weighted by atomic mass is 10.1. The summed E-state index contributed by atoms with van der Waals surface area (Å²) in [5, 5.41) is 9.41. The Hall–Kier alpha value is -3.35. The molecule has 0 spiro atoms. The first-order valence-corrected chi connectivity index (χ1v) is 8.11. The average molecular weight is 352 g/mol. The van der Waals surface area contributed by atoms with E-state index in [0.717, 1.165) is 22.4 Å². The highest BCUT2D eigenvalue weighted by Gasteiger charge is 2.10. The Labute approximate surface area is 151 Å². The Kier molecular flexibility index (Phi) is 5.17. The van der Waals surface area contributed by atoms with E-state index in [1.165, 1.54) is 0 Å². The van der Waals surface area contributed by atoms with Crippen LogP contribution < -0.4 is 14.8 Å². The van der Waals surface area contributed by atoms with Crippen LogP contribution in [0.3, 0.4) is 0 Å². The molecular weight excluding hydrogens is 332 g/mol. The molecule has 26 heavy (non-hydrogen) atoms. The van der Waals surface area contributed by atoms with Crippen LogP contribution in [0.2, 0.25) is 0 Å². The molecule has 1 amide bonds. The summed E-state index contributed by atoms with van der Waals surface area (Å²) >= 11 is 0. The molecule has 1 aromatic heterocycles. The van der Waals surface area contributed by atoms with E-state index in [-0.39, 0.29) is 18.5 Å². The van der Waals surface area contributed by atoms with Crippen LogP contribution in [0.15, 0.2) is 42.5 Å². The Balaban J connectivity index is 1.58. The highest BCUT2D eigenvalue weighted by molar-refractivity contribution is 5.90. The molecule has 0 atom stereocenters. The van der Waals surface area contributed by atoms with Gasteiger partial charge in [-0.25, -0.2) is 0 Å². The molecule has 0 saturated carbocycles. The van der Waals surface area contributed by atoms with Crippen LogP contribution in [0.25, 0.3) is 11.4 Å². The average Bonchev–Trinajstić information content (AvgIpc) is 3.08. The van der Waals surface area contributed by atoms with Crippen molar-refractivity contribution in [3.63, 3.8) is 0 Å². The van der Waals surface area contributed by atoms with Gasteiger partial charge in [-0.3, -0.25) is 15.2 Å². The van der Waals surface area contributed by atoms with Gasteiger partial charge < -0.3 is 9.47 Å². The molecule has 2 N–H and O–H groups in total. The number of hydrogen-bond donors (Lipinski definition) is 2. The normalized spacial score (nSPS) is 10.4. The number of methoxy groups -OCH3 is 1. The number of carbonyl (C=O) groups excluding carboxylic acids is 1. The first kappa shape index (κ1) is 17.5. The highest BCUT2D eigenvalue weighted by atomic mass is 16.5. The van der Waals surface area contributed by atoms with Gasteiger partial charge >= 0.3 is 0 Å². The van der Waals surface area contributed by atoms with Crippen molar-refractivity contribution in [3.8, 4) is 22.9 Å². The number of rotatable bonds is 6. The van der Waals surface area contributed by atoms with E-state index in [0.29, 0.717) is 11.6 Å². The molecule has 0 unspecified atom stereocenters. The van der Waals surface area contributed by atoms with E-state index >= 15 is 0 Å². The van der Waals surface area contributed by atoms with Gasteiger partial charge in [0.15, 0.2) is 12.4 Å². The molecule has 2 aromatic carbocycles. The zero-order valence-corrected chi connectivity index (χ0v) is 14.9. The topological polar surface area (TPSA) is 89.1 Å². The van der Waals surface area contributed by atoms with Crippen molar-refractivity contribution >= 4 is 11.9 Å². The summed E-state index contributed by atoms with van der Waals surface area (Å²) in [5.74, 6) is 1.84. The summed E-state index contributed by atoms with van der Waals surface area (Å²) < 4.78 is 10.7. The molecule has 0 bridgehead atoms. The van der Waals surface area contributed by atoms with Gasteiger partial charge in [0.1, 0.15) is 11.5 Å². The minimum Gasteiger partial charge on any atom is -0.497 e. The number of amides is 1. The molecule has 134 valence electrons. The van der Waals surface area contributed by atoms with Gasteiger partial charge in [0.2, 0.25) is 5.95 Å². The summed E-state index contributed by atoms with van der Waals surface area (Å²) in [6.07, 6.45) is 0. The molecular formula is C19H20N4O3. The van der Waals surface area contributed by atoms with E-state index in [9.17, 15) is 4.79 Å². The van der Waals surface area contributed by atoms with Crippen LogP contribution >= 0.6 is 0 Å². The van der Waals surface area contributed by atoms with Gasteiger partial charge in [-0.05, 0) is 61.4 Å².